The molecule has 2 rings (SSSR count). The normalized spacial score (nSPS) is 16.8. The van der Waals surface area contributed by atoms with Gasteiger partial charge >= 0.3 is 0 Å². The Kier molecular flexibility index (Phi) is 6.06. The molecule has 0 bridgehead atoms. The van der Waals surface area contributed by atoms with E-state index in [1.54, 1.807) is 18.2 Å². The highest BCUT2D eigenvalue weighted by Gasteiger charge is 2.18. The van der Waals surface area contributed by atoms with Crippen LogP contribution in [0.5, 0.6) is 0 Å². The van der Waals surface area contributed by atoms with Gasteiger partial charge < -0.3 is 11.1 Å². The first kappa shape index (κ1) is 16.3. The lowest BCUT2D eigenvalue weighted by atomic mass is 10.1. The third kappa shape index (κ3) is 5.32. The molecule has 21 heavy (non-hydrogen) atoms. The Morgan fingerprint density at radius 2 is 2.10 bits per heavy atom. The standard InChI is InChI=1S/C15H21ClN2O2S/c16-13-9-12(17)5-6-14(13)18-15(19)7-8-21(20)10-11-3-1-2-4-11/h5-6,9,11H,1-4,7-8,10,17H2,(H,18,19). The van der Waals surface area contributed by atoms with E-state index in [9.17, 15) is 9.00 Å². The van der Waals surface area contributed by atoms with Crippen LogP contribution in [0.15, 0.2) is 18.2 Å². The largest absolute Gasteiger partial charge is 0.399 e. The van der Waals surface area contributed by atoms with E-state index in [0.29, 0.717) is 28.1 Å². The Morgan fingerprint density at radius 1 is 1.38 bits per heavy atom. The van der Waals surface area contributed by atoms with Gasteiger partial charge in [-0.2, -0.15) is 0 Å². The van der Waals surface area contributed by atoms with Crippen LogP contribution in [0.1, 0.15) is 32.1 Å². The molecular weight excluding hydrogens is 308 g/mol. The van der Waals surface area contributed by atoms with Crippen LogP contribution in [0.25, 0.3) is 0 Å². The monoisotopic (exact) mass is 328 g/mol. The quantitative estimate of drug-likeness (QED) is 0.788. The lowest BCUT2D eigenvalue weighted by Gasteiger charge is -2.10. The van der Waals surface area contributed by atoms with Crippen molar-refractivity contribution in [3.05, 3.63) is 23.2 Å². The van der Waals surface area contributed by atoms with Crippen LogP contribution >= 0.6 is 11.6 Å². The SMILES string of the molecule is Nc1ccc(NC(=O)CCS(=O)CC2CCCC2)c(Cl)c1. The van der Waals surface area contributed by atoms with Gasteiger partial charge in [-0.15, -0.1) is 0 Å². The molecular formula is C15H21ClN2O2S. The number of anilines is 2. The minimum Gasteiger partial charge on any atom is -0.399 e. The van der Waals surface area contributed by atoms with Crippen molar-refractivity contribution in [2.24, 2.45) is 5.92 Å². The summed E-state index contributed by atoms with van der Waals surface area (Å²) in [5.74, 6) is 1.56. The van der Waals surface area contributed by atoms with Crippen molar-refractivity contribution >= 4 is 39.7 Å². The molecule has 3 N–H and O–H groups in total. The van der Waals surface area contributed by atoms with Crippen LogP contribution in [0, 0.1) is 5.92 Å². The zero-order valence-electron chi connectivity index (χ0n) is 11.9. The van der Waals surface area contributed by atoms with Crippen molar-refractivity contribution in [1.82, 2.24) is 0 Å². The summed E-state index contributed by atoms with van der Waals surface area (Å²) in [6.45, 7) is 0. The van der Waals surface area contributed by atoms with Gasteiger partial charge in [-0.3, -0.25) is 9.00 Å². The Morgan fingerprint density at radius 3 is 2.76 bits per heavy atom. The first-order valence-corrected chi connectivity index (χ1v) is 9.11. The van der Waals surface area contributed by atoms with Crippen molar-refractivity contribution in [3.63, 3.8) is 0 Å². The Hall–Kier alpha value is -1.07. The highest BCUT2D eigenvalue weighted by molar-refractivity contribution is 7.85. The van der Waals surface area contributed by atoms with Crippen molar-refractivity contribution in [1.29, 1.82) is 0 Å². The van der Waals surface area contributed by atoms with Gasteiger partial charge in [-0.05, 0) is 37.0 Å². The predicted molar refractivity (Wildman–Crippen MR) is 88.9 cm³/mol. The number of hydrogen-bond acceptors (Lipinski definition) is 3. The molecule has 1 fully saturated rings. The molecule has 6 heteroatoms. The number of carbonyl (C=O) groups is 1. The summed E-state index contributed by atoms with van der Waals surface area (Å²) in [4.78, 5) is 11.9. The average molecular weight is 329 g/mol. The maximum absolute atomic E-state index is 12.0. The molecule has 0 aliphatic heterocycles. The average Bonchev–Trinajstić information content (AvgIpc) is 2.92. The first-order chi connectivity index (χ1) is 10.0. The molecule has 1 atom stereocenters. The van der Waals surface area contributed by atoms with Gasteiger partial charge in [0, 0.05) is 34.4 Å². The van der Waals surface area contributed by atoms with Gasteiger partial charge in [0.2, 0.25) is 5.91 Å². The molecule has 1 aliphatic rings. The minimum absolute atomic E-state index is 0.165. The van der Waals surface area contributed by atoms with E-state index >= 15 is 0 Å². The molecule has 0 heterocycles. The van der Waals surface area contributed by atoms with Crippen LogP contribution in [0.3, 0.4) is 0 Å². The highest BCUT2D eigenvalue weighted by atomic mass is 35.5. The molecule has 1 aromatic carbocycles. The molecule has 0 spiro atoms. The molecule has 1 saturated carbocycles. The van der Waals surface area contributed by atoms with Crippen molar-refractivity contribution in [3.8, 4) is 0 Å². The van der Waals surface area contributed by atoms with Gasteiger partial charge in [0.05, 0.1) is 10.7 Å². The molecule has 1 unspecified atom stereocenters. The van der Waals surface area contributed by atoms with Crippen LogP contribution < -0.4 is 11.1 Å². The highest BCUT2D eigenvalue weighted by Crippen LogP contribution is 2.26. The summed E-state index contributed by atoms with van der Waals surface area (Å²) in [5.41, 5.74) is 6.69. The first-order valence-electron chi connectivity index (χ1n) is 7.24. The molecule has 1 amide bonds. The van der Waals surface area contributed by atoms with E-state index in [2.05, 4.69) is 5.32 Å². The zero-order chi connectivity index (χ0) is 15.2. The summed E-state index contributed by atoms with van der Waals surface area (Å²) in [6.07, 6.45) is 5.11. The zero-order valence-corrected chi connectivity index (χ0v) is 13.5. The Labute approximate surface area is 132 Å². The molecule has 0 radical (unpaired) electrons. The van der Waals surface area contributed by atoms with Crippen LogP contribution in [-0.2, 0) is 15.6 Å². The lowest BCUT2D eigenvalue weighted by Crippen LogP contribution is -2.18. The van der Waals surface area contributed by atoms with E-state index in [-0.39, 0.29) is 12.3 Å². The summed E-state index contributed by atoms with van der Waals surface area (Å²) in [6, 6.07) is 4.94. The van der Waals surface area contributed by atoms with E-state index in [4.69, 9.17) is 17.3 Å². The van der Waals surface area contributed by atoms with Crippen LogP contribution in [0.4, 0.5) is 11.4 Å². The fraction of sp³-hybridized carbons (Fsp3) is 0.533. The Bertz CT molecular complexity index is 530. The molecule has 116 valence electrons. The van der Waals surface area contributed by atoms with Crippen molar-refractivity contribution in [2.75, 3.05) is 22.6 Å². The topological polar surface area (TPSA) is 72.2 Å². The minimum atomic E-state index is -0.911. The number of nitrogens with one attached hydrogen (secondary N) is 1. The number of benzene rings is 1. The fourth-order valence-corrected chi connectivity index (χ4v) is 4.25. The smallest absolute Gasteiger partial charge is 0.225 e. The maximum Gasteiger partial charge on any atom is 0.225 e. The van der Waals surface area contributed by atoms with Gasteiger partial charge in [-0.25, -0.2) is 0 Å². The third-order valence-corrected chi connectivity index (χ3v) is 5.54. The van der Waals surface area contributed by atoms with E-state index in [1.807, 2.05) is 0 Å². The van der Waals surface area contributed by atoms with E-state index in [0.717, 1.165) is 5.75 Å². The number of carbonyl (C=O) groups excluding carboxylic acids is 1. The number of nitrogens with two attached hydrogens (primary N) is 1. The number of hydrogen-bond donors (Lipinski definition) is 2. The predicted octanol–water partition coefficient (Wildman–Crippen LogP) is 3.19. The molecule has 1 aromatic rings. The number of halogens is 1. The number of amides is 1. The summed E-state index contributed by atoms with van der Waals surface area (Å²) in [5, 5.41) is 3.14. The van der Waals surface area contributed by atoms with Crippen molar-refractivity contribution < 1.29 is 9.00 Å². The molecule has 1 aliphatic carbocycles. The lowest BCUT2D eigenvalue weighted by molar-refractivity contribution is -0.115. The van der Waals surface area contributed by atoms with E-state index < -0.39 is 10.8 Å². The number of nitrogen functional groups attached to an aromatic ring is 1. The second-order valence-corrected chi connectivity index (χ2v) is 7.53. The van der Waals surface area contributed by atoms with Gasteiger partial charge in [0.25, 0.3) is 0 Å². The second kappa shape index (κ2) is 7.80. The number of rotatable bonds is 6. The van der Waals surface area contributed by atoms with Crippen molar-refractivity contribution in [2.45, 2.75) is 32.1 Å². The van der Waals surface area contributed by atoms with Crippen LogP contribution in [-0.4, -0.2) is 21.6 Å². The molecule has 0 aromatic heterocycles. The summed E-state index contributed by atoms with van der Waals surface area (Å²) < 4.78 is 12.0. The van der Waals surface area contributed by atoms with Gasteiger partial charge in [0.15, 0.2) is 0 Å². The maximum atomic E-state index is 12.0. The van der Waals surface area contributed by atoms with Crippen LogP contribution in [0.2, 0.25) is 5.02 Å². The fourth-order valence-electron chi connectivity index (χ4n) is 2.58. The summed E-state index contributed by atoms with van der Waals surface area (Å²) >= 11 is 5.99. The molecule has 4 nitrogen and oxygen atoms in total. The van der Waals surface area contributed by atoms with Gasteiger partial charge in [-0.1, -0.05) is 24.4 Å². The molecule has 0 saturated heterocycles. The third-order valence-electron chi connectivity index (χ3n) is 3.72. The summed E-state index contributed by atoms with van der Waals surface area (Å²) in [7, 11) is -0.911. The van der Waals surface area contributed by atoms with E-state index in [1.165, 1.54) is 25.7 Å². The van der Waals surface area contributed by atoms with Gasteiger partial charge in [0.1, 0.15) is 0 Å². The second-order valence-electron chi connectivity index (χ2n) is 5.50. The Balaban J connectivity index is 1.75.